The minimum Gasteiger partial charge on any atom is -0.508 e. The number of aromatic nitrogens is 2. The van der Waals surface area contributed by atoms with Gasteiger partial charge in [-0.1, -0.05) is 6.07 Å². The Bertz CT molecular complexity index is 640. The zero-order valence-electron chi connectivity index (χ0n) is 12.4. The van der Waals surface area contributed by atoms with Crippen molar-refractivity contribution in [1.82, 2.24) is 20.0 Å². The summed E-state index contributed by atoms with van der Waals surface area (Å²) in [6.07, 6.45) is 5.34. The molecule has 3 rings (SSSR count). The number of phenols is 1. The summed E-state index contributed by atoms with van der Waals surface area (Å²) < 4.78 is 1.85. The second-order valence-electron chi connectivity index (χ2n) is 5.48. The molecule has 1 aliphatic rings. The van der Waals surface area contributed by atoms with Crippen LogP contribution >= 0.6 is 0 Å². The number of nitrogens with one attached hydrogen (secondary N) is 1. The molecule has 6 heteroatoms. The molecule has 0 unspecified atom stereocenters. The van der Waals surface area contributed by atoms with E-state index >= 15 is 0 Å². The first-order chi connectivity index (χ1) is 10.7. The average Bonchev–Trinajstić information content (AvgIpc) is 3.04. The fourth-order valence-electron chi connectivity index (χ4n) is 2.70. The number of rotatable bonds is 4. The molecule has 116 valence electrons. The van der Waals surface area contributed by atoms with Crippen LogP contribution in [0.2, 0.25) is 0 Å². The van der Waals surface area contributed by atoms with Crippen LogP contribution in [0.3, 0.4) is 0 Å². The highest BCUT2D eigenvalue weighted by atomic mass is 16.3. The van der Waals surface area contributed by atoms with Crippen molar-refractivity contribution in [2.75, 3.05) is 13.1 Å². The molecular weight excluding hydrogens is 280 g/mol. The van der Waals surface area contributed by atoms with Crippen LogP contribution in [0, 0.1) is 0 Å². The van der Waals surface area contributed by atoms with Gasteiger partial charge in [-0.3, -0.25) is 4.68 Å². The van der Waals surface area contributed by atoms with Gasteiger partial charge in [-0.15, -0.1) is 0 Å². The van der Waals surface area contributed by atoms with Crippen molar-refractivity contribution in [2.24, 2.45) is 0 Å². The maximum absolute atomic E-state index is 12.2. The Labute approximate surface area is 129 Å². The number of urea groups is 1. The van der Waals surface area contributed by atoms with E-state index in [0.29, 0.717) is 19.6 Å². The molecule has 0 saturated heterocycles. The van der Waals surface area contributed by atoms with E-state index < -0.39 is 0 Å². The van der Waals surface area contributed by atoms with E-state index in [-0.39, 0.29) is 11.8 Å². The number of aryl methyl sites for hydroxylation is 1. The molecule has 0 fully saturated rings. The van der Waals surface area contributed by atoms with Crippen LogP contribution < -0.4 is 5.32 Å². The topological polar surface area (TPSA) is 70.4 Å². The Morgan fingerprint density at radius 3 is 3.09 bits per heavy atom. The molecule has 2 amide bonds. The van der Waals surface area contributed by atoms with Crippen LogP contribution in [0.4, 0.5) is 4.79 Å². The summed E-state index contributed by atoms with van der Waals surface area (Å²) in [4.78, 5) is 14.0. The summed E-state index contributed by atoms with van der Waals surface area (Å²) in [6, 6.07) is 7.22. The van der Waals surface area contributed by atoms with Gasteiger partial charge >= 0.3 is 6.03 Å². The number of nitrogens with zero attached hydrogens (tertiary/aromatic N) is 3. The van der Waals surface area contributed by atoms with E-state index in [9.17, 15) is 9.90 Å². The van der Waals surface area contributed by atoms with Gasteiger partial charge in [-0.05, 0) is 42.2 Å². The Hall–Kier alpha value is -2.50. The largest absolute Gasteiger partial charge is 0.508 e. The van der Waals surface area contributed by atoms with Gasteiger partial charge in [-0.25, -0.2) is 4.79 Å². The SMILES string of the molecule is O=C(NCCCn1cccn1)N1CCc2ccc(O)cc2C1. The van der Waals surface area contributed by atoms with Crippen molar-refractivity contribution >= 4 is 6.03 Å². The second-order valence-corrected chi connectivity index (χ2v) is 5.48. The lowest BCUT2D eigenvalue weighted by atomic mass is 10.00. The molecule has 22 heavy (non-hydrogen) atoms. The smallest absolute Gasteiger partial charge is 0.317 e. The summed E-state index contributed by atoms with van der Waals surface area (Å²) in [6.45, 7) is 2.68. The number of hydrogen-bond donors (Lipinski definition) is 2. The summed E-state index contributed by atoms with van der Waals surface area (Å²) >= 11 is 0. The Balaban J connectivity index is 1.47. The van der Waals surface area contributed by atoms with Crippen molar-refractivity contribution < 1.29 is 9.90 Å². The quantitative estimate of drug-likeness (QED) is 0.845. The van der Waals surface area contributed by atoms with Crippen molar-refractivity contribution in [1.29, 1.82) is 0 Å². The molecule has 2 N–H and O–H groups in total. The molecule has 2 heterocycles. The lowest BCUT2D eigenvalue weighted by Gasteiger charge is -2.29. The van der Waals surface area contributed by atoms with Crippen LogP contribution in [0.1, 0.15) is 17.5 Å². The fourth-order valence-corrected chi connectivity index (χ4v) is 2.70. The van der Waals surface area contributed by atoms with Gasteiger partial charge in [0.2, 0.25) is 0 Å². The lowest BCUT2D eigenvalue weighted by molar-refractivity contribution is 0.192. The number of phenolic OH excluding ortho intramolecular Hbond substituents is 1. The molecular formula is C16H20N4O2. The average molecular weight is 300 g/mol. The highest BCUT2D eigenvalue weighted by Crippen LogP contribution is 2.22. The van der Waals surface area contributed by atoms with Crippen LogP contribution in [0.25, 0.3) is 0 Å². The molecule has 1 aromatic carbocycles. The van der Waals surface area contributed by atoms with Crippen molar-refractivity contribution in [3.05, 3.63) is 47.8 Å². The number of hydrogen-bond acceptors (Lipinski definition) is 3. The third-order valence-corrected chi connectivity index (χ3v) is 3.89. The Morgan fingerprint density at radius 1 is 1.36 bits per heavy atom. The van der Waals surface area contributed by atoms with E-state index in [1.165, 1.54) is 5.56 Å². The molecule has 0 aliphatic carbocycles. The van der Waals surface area contributed by atoms with Gasteiger partial charge in [0.1, 0.15) is 5.75 Å². The standard InChI is InChI=1S/C16H20N4O2/c21-15-4-3-13-5-10-19(12-14(13)11-15)16(22)17-6-1-8-20-9-2-7-18-20/h2-4,7,9,11,21H,1,5-6,8,10,12H2,(H,17,22). The van der Waals surface area contributed by atoms with E-state index in [2.05, 4.69) is 10.4 Å². The van der Waals surface area contributed by atoms with Crippen LogP contribution in [0.5, 0.6) is 5.75 Å². The van der Waals surface area contributed by atoms with Gasteiger partial charge in [0, 0.05) is 38.6 Å². The van der Waals surface area contributed by atoms with Crippen LogP contribution in [-0.2, 0) is 19.5 Å². The van der Waals surface area contributed by atoms with E-state index in [1.54, 1.807) is 23.2 Å². The predicted octanol–water partition coefficient (Wildman–Crippen LogP) is 1.75. The van der Waals surface area contributed by atoms with E-state index in [4.69, 9.17) is 0 Å². The molecule has 6 nitrogen and oxygen atoms in total. The summed E-state index contributed by atoms with van der Waals surface area (Å²) in [5.41, 5.74) is 2.23. The first-order valence-electron chi connectivity index (χ1n) is 7.53. The zero-order valence-corrected chi connectivity index (χ0v) is 12.4. The van der Waals surface area contributed by atoms with Crippen molar-refractivity contribution in [3.63, 3.8) is 0 Å². The zero-order chi connectivity index (χ0) is 15.4. The summed E-state index contributed by atoms with van der Waals surface area (Å²) in [7, 11) is 0. The number of aromatic hydroxyl groups is 1. The van der Waals surface area contributed by atoms with Gasteiger partial charge < -0.3 is 15.3 Å². The minimum absolute atomic E-state index is 0.0468. The molecule has 0 bridgehead atoms. The first kappa shape index (κ1) is 14.4. The highest BCUT2D eigenvalue weighted by molar-refractivity contribution is 5.74. The monoisotopic (exact) mass is 300 g/mol. The van der Waals surface area contributed by atoms with E-state index in [1.807, 2.05) is 23.0 Å². The molecule has 1 aliphatic heterocycles. The number of fused-ring (bicyclic) bond motifs is 1. The molecule has 2 aromatic rings. The third kappa shape index (κ3) is 3.39. The van der Waals surface area contributed by atoms with Crippen LogP contribution in [0.15, 0.2) is 36.7 Å². The van der Waals surface area contributed by atoms with Gasteiger partial charge in [0.05, 0.1) is 0 Å². The highest BCUT2D eigenvalue weighted by Gasteiger charge is 2.20. The van der Waals surface area contributed by atoms with Crippen molar-refractivity contribution in [3.8, 4) is 5.75 Å². The van der Waals surface area contributed by atoms with Crippen molar-refractivity contribution in [2.45, 2.75) is 25.9 Å². The van der Waals surface area contributed by atoms with Gasteiger partial charge in [-0.2, -0.15) is 5.10 Å². The van der Waals surface area contributed by atoms with Gasteiger partial charge in [0.25, 0.3) is 0 Å². The van der Waals surface area contributed by atoms with E-state index in [0.717, 1.165) is 24.9 Å². The number of carbonyl (C=O) groups excluding carboxylic acids is 1. The summed E-state index contributed by atoms with van der Waals surface area (Å²) in [5, 5.41) is 16.6. The fraction of sp³-hybridized carbons (Fsp3) is 0.375. The number of benzene rings is 1. The first-order valence-corrected chi connectivity index (χ1v) is 7.53. The third-order valence-electron chi connectivity index (χ3n) is 3.89. The minimum atomic E-state index is -0.0468. The molecule has 1 aromatic heterocycles. The predicted molar refractivity (Wildman–Crippen MR) is 82.5 cm³/mol. The number of carbonyl (C=O) groups is 1. The Kier molecular flexibility index (Phi) is 4.27. The molecule has 0 spiro atoms. The maximum atomic E-state index is 12.2. The Morgan fingerprint density at radius 2 is 2.27 bits per heavy atom. The van der Waals surface area contributed by atoms with Gasteiger partial charge in [0.15, 0.2) is 0 Å². The maximum Gasteiger partial charge on any atom is 0.317 e. The van der Waals surface area contributed by atoms with Crippen LogP contribution in [-0.4, -0.2) is 38.9 Å². The molecule has 0 radical (unpaired) electrons. The number of amides is 2. The lowest BCUT2D eigenvalue weighted by Crippen LogP contribution is -2.43. The normalized spacial score (nSPS) is 13.7. The second kappa shape index (κ2) is 6.51. The summed E-state index contributed by atoms with van der Waals surface area (Å²) in [5.74, 6) is 0.250. The molecule has 0 atom stereocenters. The molecule has 0 saturated carbocycles.